The first-order valence-electron chi connectivity index (χ1n) is 4.95. The van der Waals surface area contributed by atoms with E-state index in [1.165, 1.54) is 26.4 Å². The van der Waals surface area contributed by atoms with Crippen molar-refractivity contribution in [2.24, 2.45) is 5.11 Å². The fraction of sp³-hybridized carbons (Fsp3) is 0.273. The van der Waals surface area contributed by atoms with Gasteiger partial charge in [-0.05, 0) is 23.7 Å². The van der Waals surface area contributed by atoms with Gasteiger partial charge in [-0.25, -0.2) is 4.39 Å². The summed E-state index contributed by atoms with van der Waals surface area (Å²) in [5, 5.41) is 2.95. The molecular formula is C11H12FN3O4. The third kappa shape index (κ3) is 6.64. The van der Waals surface area contributed by atoms with Crippen molar-refractivity contribution in [1.29, 1.82) is 0 Å². The van der Waals surface area contributed by atoms with E-state index in [1.54, 1.807) is 0 Å². The first kappa shape index (κ1) is 16.4. The number of carbonyl (C=O) groups is 2. The van der Waals surface area contributed by atoms with Crippen LogP contribution in [-0.2, 0) is 9.53 Å². The van der Waals surface area contributed by atoms with Crippen LogP contribution < -0.4 is 4.74 Å². The number of benzene rings is 1. The van der Waals surface area contributed by atoms with Crippen LogP contribution in [0.2, 0.25) is 0 Å². The van der Waals surface area contributed by atoms with Gasteiger partial charge < -0.3 is 9.47 Å². The molecule has 0 aliphatic rings. The number of azide groups is 1. The van der Waals surface area contributed by atoms with Crippen molar-refractivity contribution in [3.05, 3.63) is 40.0 Å². The Morgan fingerprint density at radius 2 is 2.21 bits per heavy atom. The summed E-state index contributed by atoms with van der Waals surface area (Å²) in [6, 6.07) is 4.04. The van der Waals surface area contributed by atoms with E-state index in [2.05, 4.69) is 19.5 Å². The molecule has 0 unspecified atom stereocenters. The maximum atomic E-state index is 12.8. The lowest BCUT2D eigenvalue weighted by Crippen LogP contribution is -2.02. The lowest BCUT2D eigenvalue weighted by atomic mass is 10.2. The van der Waals surface area contributed by atoms with Gasteiger partial charge >= 0.3 is 5.97 Å². The van der Waals surface area contributed by atoms with Crippen molar-refractivity contribution in [3.8, 4) is 5.75 Å². The molecule has 0 heterocycles. The summed E-state index contributed by atoms with van der Waals surface area (Å²) in [6.45, 7) is -0.229. The van der Waals surface area contributed by atoms with E-state index in [4.69, 9.17) is 5.53 Å². The van der Waals surface area contributed by atoms with Crippen LogP contribution in [0.3, 0.4) is 0 Å². The van der Waals surface area contributed by atoms with Gasteiger partial charge in [0.15, 0.2) is 11.6 Å². The van der Waals surface area contributed by atoms with Crippen LogP contribution in [0.1, 0.15) is 10.4 Å². The molecule has 0 amide bonds. The zero-order chi connectivity index (χ0) is 14.7. The van der Waals surface area contributed by atoms with E-state index in [0.29, 0.717) is 11.8 Å². The largest absolute Gasteiger partial charge is 0.494 e. The van der Waals surface area contributed by atoms with Crippen LogP contribution in [0.25, 0.3) is 10.4 Å². The number of nitrogens with zero attached hydrogens (tertiary/aromatic N) is 3. The normalized spacial score (nSPS) is 8.37. The zero-order valence-electron chi connectivity index (χ0n) is 10.4. The molecule has 7 nitrogen and oxygen atoms in total. The highest BCUT2D eigenvalue weighted by atomic mass is 19.1. The van der Waals surface area contributed by atoms with Crippen molar-refractivity contribution < 1.29 is 23.5 Å². The summed E-state index contributed by atoms with van der Waals surface area (Å²) >= 11 is 0. The molecule has 0 aliphatic carbocycles. The zero-order valence-corrected chi connectivity index (χ0v) is 10.4. The molecule has 0 aliphatic heterocycles. The first-order valence-corrected chi connectivity index (χ1v) is 4.95. The number of rotatable bonds is 4. The Balaban J connectivity index is 0.000000362. The lowest BCUT2D eigenvalue weighted by molar-refractivity contribution is -0.138. The second kappa shape index (κ2) is 9.43. The fourth-order valence-corrected chi connectivity index (χ4v) is 0.910. The molecule has 102 valence electrons. The Hall–Kier alpha value is -2.60. The summed E-state index contributed by atoms with van der Waals surface area (Å²) < 4.78 is 21.6. The molecule has 0 N–H and O–H groups in total. The number of esters is 1. The molecular weight excluding hydrogens is 257 g/mol. The number of methoxy groups -OCH3 is 2. The maximum Gasteiger partial charge on any atom is 0.311 e. The van der Waals surface area contributed by atoms with Crippen molar-refractivity contribution in [2.45, 2.75) is 0 Å². The topological polar surface area (TPSA) is 101 Å². The molecule has 1 aromatic carbocycles. The second-order valence-electron chi connectivity index (χ2n) is 2.98. The Kier molecular flexibility index (Phi) is 8.14. The molecule has 0 radical (unpaired) electrons. The standard InChI is InChI=1S/C8H7FO2.C3H5N3O2/c1-11-8-3-2-6(5-10)4-7(8)9;1-8-3(7)2-5-6-4/h2-5H,1H3;2H2,1H3. The highest BCUT2D eigenvalue weighted by Crippen LogP contribution is 2.16. The van der Waals surface area contributed by atoms with Crippen LogP contribution in [0.4, 0.5) is 4.39 Å². The molecule has 0 bridgehead atoms. The maximum absolute atomic E-state index is 12.8. The molecule has 0 saturated heterocycles. The van der Waals surface area contributed by atoms with Crippen LogP contribution >= 0.6 is 0 Å². The van der Waals surface area contributed by atoms with Gasteiger partial charge in [0.1, 0.15) is 12.8 Å². The van der Waals surface area contributed by atoms with Crippen molar-refractivity contribution in [2.75, 3.05) is 20.8 Å². The van der Waals surface area contributed by atoms with E-state index >= 15 is 0 Å². The minimum absolute atomic E-state index is 0.149. The molecule has 0 atom stereocenters. The molecule has 1 rings (SSSR count). The van der Waals surface area contributed by atoms with Gasteiger partial charge in [0, 0.05) is 10.5 Å². The first-order chi connectivity index (χ1) is 9.08. The van der Waals surface area contributed by atoms with Gasteiger partial charge in [-0.1, -0.05) is 5.11 Å². The predicted octanol–water partition coefficient (Wildman–Crippen LogP) is 2.12. The minimum Gasteiger partial charge on any atom is -0.494 e. The molecule has 0 fully saturated rings. The smallest absolute Gasteiger partial charge is 0.311 e. The SMILES string of the molecule is COC(=O)CN=[N+]=[N-].COc1ccc(C=O)cc1F. The summed E-state index contributed by atoms with van der Waals surface area (Å²) in [5.74, 6) is -0.893. The molecule has 19 heavy (non-hydrogen) atoms. The summed E-state index contributed by atoms with van der Waals surface area (Å²) in [6.07, 6.45) is 0.586. The van der Waals surface area contributed by atoms with Crippen LogP contribution in [0.15, 0.2) is 23.3 Å². The van der Waals surface area contributed by atoms with E-state index in [9.17, 15) is 14.0 Å². The summed E-state index contributed by atoms with van der Waals surface area (Å²) in [5.41, 5.74) is 7.97. The van der Waals surface area contributed by atoms with E-state index in [1.807, 2.05) is 0 Å². The Labute approximate surface area is 108 Å². The quantitative estimate of drug-likeness (QED) is 0.274. The van der Waals surface area contributed by atoms with Gasteiger partial charge in [-0.2, -0.15) is 0 Å². The highest BCUT2D eigenvalue weighted by Gasteiger charge is 2.01. The summed E-state index contributed by atoms with van der Waals surface area (Å²) in [4.78, 5) is 22.6. The third-order valence-electron chi connectivity index (χ3n) is 1.80. The second-order valence-corrected chi connectivity index (χ2v) is 2.98. The number of carbonyl (C=O) groups excluding carboxylic acids is 2. The van der Waals surface area contributed by atoms with E-state index in [-0.39, 0.29) is 12.3 Å². The number of hydrogen-bond donors (Lipinski definition) is 0. The third-order valence-corrected chi connectivity index (χ3v) is 1.80. The summed E-state index contributed by atoms with van der Waals surface area (Å²) in [7, 11) is 2.61. The molecule has 0 saturated carbocycles. The molecule has 1 aromatic rings. The number of aldehydes is 1. The molecule has 0 spiro atoms. The van der Waals surface area contributed by atoms with Crippen molar-refractivity contribution >= 4 is 12.3 Å². The van der Waals surface area contributed by atoms with Gasteiger partial charge in [0.2, 0.25) is 0 Å². The van der Waals surface area contributed by atoms with Gasteiger partial charge in [-0.15, -0.1) is 0 Å². The fourth-order valence-electron chi connectivity index (χ4n) is 0.910. The minimum atomic E-state index is -0.525. The predicted molar refractivity (Wildman–Crippen MR) is 64.4 cm³/mol. The number of ether oxygens (including phenoxy) is 2. The van der Waals surface area contributed by atoms with Gasteiger partial charge in [-0.3, -0.25) is 9.59 Å². The van der Waals surface area contributed by atoms with Crippen molar-refractivity contribution in [1.82, 2.24) is 0 Å². The Morgan fingerprint density at radius 3 is 2.63 bits per heavy atom. The Morgan fingerprint density at radius 1 is 1.53 bits per heavy atom. The Bertz CT molecular complexity index is 487. The van der Waals surface area contributed by atoms with Gasteiger partial charge in [0.05, 0.1) is 14.2 Å². The molecule has 0 aromatic heterocycles. The number of hydrogen-bond acceptors (Lipinski definition) is 5. The highest BCUT2D eigenvalue weighted by molar-refractivity contribution is 5.75. The van der Waals surface area contributed by atoms with E-state index < -0.39 is 11.8 Å². The van der Waals surface area contributed by atoms with Crippen molar-refractivity contribution in [3.63, 3.8) is 0 Å². The average Bonchev–Trinajstić information content (AvgIpc) is 2.45. The number of halogens is 1. The van der Waals surface area contributed by atoms with Gasteiger partial charge in [0.25, 0.3) is 0 Å². The van der Waals surface area contributed by atoms with Crippen LogP contribution in [-0.4, -0.2) is 33.0 Å². The lowest BCUT2D eigenvalue weighted by Gasteiger charge is -1.99. The monoisotopic (exact) mass is 269 g/mol. The van der Waals surface area contributed by atoms with Crippen LogP contribution in [0, 0.1) is 5.82 Å². The average molecular weight is 269 g/mol. The van der Waals surface area contributed by atoms with E-state index in [0.717, 1.165) is 6.07 Å². The molecule has 8 heteroatoms. The van der Waals surface area contributed by atoms with Crippen LogP contribution in [0.5, 0.6) is 5.75 Å².